The topological polar surface area (TPSA) is 71.1 Å². The molecule has 6 nitrogen and oxygen atoms in total. The van der Waals surface area contributed by atoms with E-state index in [-0.39, 0.29) is 22.2 Å². The van der Waals surface area contributed by atoms with Gasteiger partial charge in [0, 0.05) is 36.5 Å². The van der Waals surface area contributed by atoms with Crippen molar-refractivity contribution < 1.29 is 28.5 Å². The number of alkyl halides is 2. The van der Waals surface area contributed by atoms with Gasteiger partial charge >= 0.3 is 0 Å². The van der Waals surface area contributed by atoms with Crippen LogP contribution in [0.15, 0.2) is 36.4 Å². The summed E-state index contributed by atoms with van der Waals surface area (Å²) >= 11 is 6.40. The van der Waals surface area contributed by atoms with Crippen LogP contribution in [0, 0.1) is 0 Å². The third kappa shape index (κ3) is 10.3. The van der Waals surface area contributed by atoms with E-state index >= 15 is 0 Å². The van der Waals surface area contributed by atoms with Crippen LogP contribution in [-0.2, 0) is 9.47 Å². The second-order valence-electron chi connectivity index (χ2n) is 6.22. The summed E-state index contributed by atoms with van der Waals surface area (Å²) in [5.74, 6) is 0.978. The van der Waals surface area contributed by atoms with E-state index < -0.39 is 0 Å². The van der Waals surface area contributed by atoms with Gasteiger partial charge in [-0.2, -0.15) is 0 Å². The van der Waals surface area contributed by atoms with Crippen LogP contribution in [0.2, 0.25) is 0 Å². The zero-order valence-electron chi connectivity index (χ0n) is 20.9. The van der Waals surface area contributed by atoms with E-state index in [0.29, 0.717) is 49.1 Å². The lowest BCUT2D eigenvalue weighted by molar-refractivity contribution is 0.101. The number of carbonyl (C=O) groups is 2. The highest BCUT2D eigenvalue weighted by Crippen LogP contribution is 2.38. The van der Waals surface area contributed by atoms with Crippen LogP contribution in [-0.4, -0.2) is 62.9 Å². The Morgan fingerprint density at radius 1 is 0.647 bits per heavy atom. The molecule has 0 atom stereocenters. The van der Waals surface area contributed by atoms with Crippen LogP contribution in [0.25, 0.3) is 11.1 Å². The number of hydrogen-bond acceptors (Lipinski definition) is 6. The average Bonchev–Trinajstić information content (AvgIpc) is 2.90. The number of Topliss-reactive ketones (excluding diaryl/α,β-unsaturated/α-hetero) is 2. The van der Waals surface area contributed by atoms with Crippen molar-refractivity contribution in [3.8, 4) is 22.6 Å². The molecule has 0 saturated heterocycles. The van der Waals surface area contributed by atoms with Crippen molar-refractivity contribution in [3.63, 3.8) is 0 Å². The third-order valence-corrected chi connectivity index (χ3v) is 5.25. The predicted octanol–water partition coefficient (Wildman–Crippen LogP) is 6.61. The molecule has 0 N–H and O–H groups in total. The molecule has 0 radical (unpaired) electrons. The summed E-state index contributed by atoms with van der Waals surface area (Å²) < 4.78 is 21.9. The molecule has 0 aliphatic heterocycles. The van der Waals surface area contributed by atoms with Gasteiger partial charge in [-0.15, -0.1) is 0 Å². The molecular formula is C26H36Br2O6. The number of hydrogen-bond donors (Lipinski definition) is 0. The highest BCUT2D eigenvalue weighted by atomic mass is 79.9. The van der Waals surface area contributed by atoms with Gasteiger partial charge in [-0.05, 0) is 24.3 Å². The maximum Gasteiger partial charge on any atom is 0.173 e. The van der Waals surface area contributed by atoms with Crippen molar-refractivity contribution >= 4 is 43.4 Å². The summed E-state index contributed by atoms with van der Waals surface area (Å²) in [6.45, 7) is 9.48. The molecule has 0 amide bonds. The quantitative estimate of drug-likeness (QED) is 0.146. The Labute approximate surface area is 220 Å². The van der Waals surface area contributed by atoms with Crippen LogP contribution >= 0.6 is 31.9 Å². The lowest BCUT2D eigenvalue weighted by atomic mass is 9.98. The fraction of sp³-hybridized carbons (Fsp3) is 0.462. The zero-order valence-corrected chi connectivity index (χ0v) is 24.1. The van der Waals surface area contributed by atoms with Gasteiger partial charge in [0.05, 0.1) is 23.9 Å². The standard InChI is InChI=1S/C22H24Br2O6.2C2H6/c1-27-7-9-29-21-11-15(19(25)13-23)3-5-17(21)18-6-4-16(20(26)14-24)12-22(18)30-10-8-28-2;2*1-2/h3-6,11-12H,7-10,13-14H2,1-2H3;2*1-2H3. The molecule has 0 aromatic heterocycles. The van der Waals surface area contributed by atoms with E-state index in [1.807, 2.05) is 39.8 Å². The first-order chi connectivity index (χ1) is 16.5. The summed E-state index contributed by atoms with van der Waals surface area (Å²) in [6, 6.07) is 10.6. The van der Waals surface area contributed by atoms with Gasteiger partial charge < -0.3 is 18.9 Å². The molecule has 2 aromatic rings. The lowest BCUT2D eigenvalue weighted by Crippen LogP contribution is -2.09. The maximum absolute atomic E-state index is 12.1. The molecule has 8 heteroatoms. The third-order valence-electron chi connectivity index (χ3n) is 4.23. The Hall–Kier alpha value is -1.74. The van der Waals surface area contributed by atoms with Gasteiger partial charge in [0.15, 0.2) is 11.6 Å². The minimum Gasteiger partial charge on any atom is -0.491 e. The van der Waals surface area contributed by atoms with Crippen molar-refractivity contribution in [2.45, 2.75) is 27.7 Å². The largest absolute Gasteiger partial charge is 0.491 e. The predicted molar refractivity (Wildman–Crippen MR) is 146 cm³/mol. The highest BCUT2D eigenvalue weighted by Gasteiger charge is 2.17. The molecule has 190 valence electrons. The molecule has 0 aliphatic rings. The number of methoxy groups -OCH3 is 2. The van der Waals surface area contributed by atoms with E-state index in [2.05, 4.69) is 31.9 Å². The molecule has 2 aromatic carbocycles. The van der Waals surface area contributed by atoms with Crippen molar-refractivity contribution in [2.75, 3.05) is 51.3 Å². The highest BCUT2D eigenvalue weighted by molar-refractivity contribution is 9.09. The van der Waals surface area contributed by atoms with Crippen LogP contribution in [0.5, 0.6) is 11.5 Å². The van der Waals surface area contributed by atoms with E-state index in [9.17, 15) is 9.59 Å². The van der Waals surface area contributed by atoms with Gasteiger partial charge in [-0.1, -0.05) is 71.7 Å². The second-order valence-corrected chi connectivity index (χ2v) is 7.34. The van der Waals surface area contributed by atoms with Crippen LogP contribution in [0.1, 0.15) is 48.4 Å². The van der Waals surface area contributed by atoms with E-state index in [0.717, 1.165) is 11.1 Å². The molecule has 0 aliphatic carbocycles. The SMILES string of the molecule is CC.CC.COCCOc1cc(C(=O)CBr)ccc1-c1ccc(C(=O)CBr)cc1OCCOC. The molecule has 0 unspecified atom stereocenters. The number of ketones is 2. The Balaban J connectivity index is 0.00000258. The number of ether oxygens (including phenoxy) is 4. The fourth-order valence-corrected chi connectivity index (χ4v) is 3.35. The second kappa shape index (κ2) is 19.6. The summed E-state index contributed by atoms with van der Waals surface area (Å²) in [5.41, 5.74) is 2.58. The molecule has 2 rings (SSSR count). The Bertz CT molecular complexity index is 799. The van der Waals surface area contributed by atoms with Crippen LogP contribution in [0.3, 0.4) is 0 Å². The minimum atomic E-state index is -0.0482. The molecule has 34 heavy (non-hydrogen) atoms. The normalized spacial score (nSPS) is 9.76. The van der Waals surface area contributed by atoms with Crippen LogP contribution in [0.4, 0.5) is 0 Å². The summed E-state index contributed by atoms with van der Waals surface area (Å²) in [7, 11) is 3.19. The first-order valence-corrected chi connectivity index (χ1v) is 13.5. The average molecular weight is 604 g/mol. The Morgan fingerprint density at radius 2 is 1.00 bits per heavy atom. The smallest absolute Gasteiger partial charge is 0.173 e. The van der Waals surface area contributed by atoms with Gasteiger partial charge in [-0.25, -0.2) is 0 Å². The van der Waals surface area contributed by atoms with E-state index in [1.54, 1.807) is 38.5 Å². The first-order valence-electron chi connectivity index (χ1n) is 11.3. The Kier molecular flexibility index (Phi) is 18.6. The van der Waals surface area contributed by atoms with Crippen molar-refractivity contribution in [1.82, 2.24) is 0 Å². The molecule has 0 heterocycles. The molecule has 0 bridgehead atoms. The zero-order chi connectivity index (χ0) is 25.9. The van der Waals surface area contributed by atoms with Gasteiger partial charge in [0.1, 0.15) is 24.7 Å². The van der Waals surface area contributed by atoms with E-state index in [1.165, 1.54) is 0 Å². The first kappa shape index (κ1) is 32.3. The molecular weight excluding hydrogens is 568 g/mol. The monoisotopic (exact) mass is 602 g/mol. The maximum atomic E-state index is 12.1. The van der Waals surface area contributed by atoms with Gasteiger partial charge in [0.25, 0.3) is 0 Å². The van der Waals surface area contributed by atoms with Crippen LogP contribution < -0.4 is 9.47 Å². The van der Waals surface area contributed by atoms with E-state index in [4.69, 9.17) is 18.9 Å². The summed E-state index contributed by atoms with van der Waals surface area (Å²) in [4.78, 5) is 24.3. The molecule has 0 saturated carbocycles. The molecule has 0 fully saturated rings. The number of benzene rings is 2. The number of rotatable bonds is 13. The lowest BCUT2D eigenvalue weighted by Gasteiger charge is -2.17. The van der Waals surface area contributed by atoms with Crippen molar-refractivity contribution in [1.29, 1.82) is 0 Å². The van der Waals surface area contributed by atoms with Gasteiger partial charge in [-0.3, -0.25) is 9.59 Å². The summed E-state index contributed by atoms with van der Waals surface area (Å²) in [6.07, 6.45) is 0. The van der Waals surface area contributed by atoms with Crippen molar-refractivity contribution in [2.24, 2.45) is 0 Å². The fourth-order valence-electron chi connectivity index (χ4n) is 2.70. The Morgan fingerprint density at radius 3 is 1.29 bits per heavy atom. The summed E-state index contributed by atoms with van der Waals surface area (Å²) in [5, 5.41) is 0.442. The molecule has 0 spiro atoms. The number of carbonyl (C=O) groups excluding carboxylic acids is 2. The van der Waals surface area contributed by atoms with Gasteiger partial charge in [0.2, 0.25) is 0 Å². The minimum absolute atomic E-state index is 0.0482. The number of halogens is 2. The van der Waals surface area contributed by atoms with Crippen molar-refractivity contribution in [3.05, 3.63) is 47.5 Å².